The van der Waals surface area contributed by atoms with Gasteiger partial charge in [0.15, 0.2) is 6.61 Å². The van der Waals surface area contributed by atoms with Gasteiger partial charge in [0.2, 0.25) is 5.91 Å². The number of benzene rings is 2. The lowest BCUT2D eigenvalue weighted by Crippen LogP contribution is -2.37. The van der Waals surface area contributed by atoms with Gasteiger partial charge in [0.25, 0.3) is 5.91 Å². The second kappa shape index (κ2) is 10.5. The number of rotatable bonds is 8. The Morgan fingerprint density at radius 1 is 1.07 bits per heavy atom. The van der Waals surface area contributed by atoms with Gasteiger partial charge in [0.1, 0.15) is 0 Å². The molecule has 2 aromatic rings. The maximum Gasteiger partial charge on any atom is 0.313 e. The van der Waals surface area contributed by atoms with Crippen molar-refractivity contribution in [2.45, 2.75) is 19.3 Å². The van der Waals surface area contributed by atoms with Crippen LogP contribution in [0, 0.1) is 0 Å². The van der Waals surface area contributed by atoms with Gasteiger partial charge in [-0.25, -0.2) is 0 Å². The number of amides is 2. The minimum absolute atomic E-state index is 0.183. The van der Waals surface area contributed by atoms with E-state index in [1.54, 1.807) is 24.3 Å². The number of anilines is 1. The number of ether oxygens (including phenoxy) is 1. The Bertz CT molecular complexity index is 826. The van der Waals surface area contributed by atoms with Crippen molar-refractivity contribution in [1.29, 1.82) is 0 Å². The molecule has 0 spiro atoms. The number of carbonyl (C=O) groups excluding carboxylic acids is 3. The van der Waals surface area contributed by atoms with Crippen LogP contribution in [0.5, 0.6) is 0 Å². The highest BCUT2D eigenvalue weighted by atomic mass is 35.5. The first-order valence-electron chi connectivity index (χ1n) is 8.92. The van der Waals surface area contributed by atoms with Crippen LogP contribution in [-0.4, -0.2) is 42.9 Å². The number of para-hydroxylation sites is 1. The maximum atomic E-state index is 12.3. The Kier molecular flexibility index (Phi) is 8.02. The molecule has 0 fully saturated rings. The second-order valence-electron chi connectivity index (χ2n) is 6.26. The molecule has 2 aromatic carbocycles. The second-order valence-corrected chi connectivity index (χ2v) is 6.66. The van der Waals surface area contributed by atoms with Crippen molar-refractivity contribution in [3.8, 4) is 0 Å². The molecule has 0 saturated heterocycles. The number of hydrogen-bond acceptors (Lipinski definition) is 4. The fourth-order valence-electron chi connectivity index (χ4n) is 2.62. The number of nitrogens with one attached hydrogen (secondary N) is 1. The summed E-state index contributed by atoms with van der Waals surface area (Å²) in [4.78, 5) is 37.8. The van der Waals surface area contributed by atoms with Gasteiger partial charge < -0.3 is 15.0 Å². The number of halogens is 1. The van der Waals surface area contributed by atoms with Crippen LogP contribution in [0.4, 0.5) is 5.69 Å². The molecule has 0 heterocycles. The van der Waals surface area contributed by atoms with E-state index in [1.807, 2.05) is 37.3 Å². The number of carbonyl (C=O) groups is 3. The van der Waals surface area contributed by atoms with Gasteiger partial charge in [-0.1, -0.05) is 61.0 Å². The summed E-state index contributed by atoms with van der Waals surface area (Å²) in [6, 6.07) is 16.1. The number of hydrogen-bond donors (Lipinski definition) is 1. The molecule has 148 valence electrons. The highest BCUT2D eigenvalue weighted by molar-refractivity contribution is 6.33. The zero-order valence-electron chi connectivity index (χ0n) is 15.9. The predicted molar refractivity (Wildman–Crippen MR) is 108 cm³/mol. The first kappa shape index (κ1) is 21.4. The van der Waals surface area contributed by atoms with Crippen LogP contribution < -0.4 is 5.32 Å². The molecule has 0 aliphatic heterocycles. The Morgan fingerprint density at radius 2 is 1.71 bits per heavy atom. The van der Waals surface area contributed by atoms with Crippen molar-refractivity contribution >= 4 is 35.1 Å². The summed E-state index contributed by atoms with van der Waals surface area (Å²) in [6.45, 7) is 1.28. The van der Waals surface area contributed by atoms with Gasteiger partial charge >= 0.3 is 5.97 Å². The average Bonchev–Trinajstić information content (AvgIpc) is 2.69. The van der Waals surface area contributed by atoms with Crippen LogP contribution in [0.15, 0.2) is 54.6 Å². The first-order chi connectivity index (χ1) is 13.4. The first-order valence-corrected chi connectivity index (χ1v) is 9.30. The number of likely N-dealkylation sites (N-methyl/N-ethyl adjacent to an activating group) is 1. The third-order valence-electron chi connectivity index (χ3n) is 4.19. The van der Waals surface area contributed by atoms with E-state index in [2.05, 4.69) is 5.32 Å². The molecule has 7 heteroatoms. The predicted octanol–water partition coefficient (Wildman–Crippen LogP) is 3.47. The molecule has 2 amide bonds. The molecule has 0 unspecified atom stereocenters. The third kappa shape index (κ3) is 6.09. The molecule has 0 radical (unpaired) electrons. The van der Waals surface area contributed by atoms with Crippen molar-refractivity contribution in [3.05, 3.63) is 65.2 Å². The van der Waals surface area contributed by atoms with Gasteiger partial charge in [-0.2, -0.15) is 0 Å². The maximum absolute atomic E-state index is 12.3. The van der Waals surface area contributed by atoms with E-state index in [0.29, 0.717) is 17.1 Å². The normalized spacial score (nSPS) is 11.4. The van der Waals surface area contributed by atoms with Crippen LogP contribution in [0.25, 0.3) is 0 Å². The molecule has 28 heavy (non-hydrogen) atoms. The summed E-state index contributed by atoms with van der Waals surface area (Å²) in [6.07, 6.45) is 0.563. The Labute approximate surface area is 169 Å². The monoisotopic (exact) mass is 402 g/mol. The molecule has 1 atom stereocenters. The molecule has 1 N–H and O–H groups in total. The molecule has 0 bridgehead atoms. The molecule has 0 aliphatic rings. The van der Waals surface area contributed by atoms with E-state index in [0.717, 1.165) is 5.56 Å². The molecule has 0 aromatic heterocycles. The molecular formula is C21H23ClN2O4. The van der Waals surface area contributed by atoms with Crippen molar-refractivity contribution < 1.29 is 19.1 Å². The van der Waals surface area contributed by atoms with Crippen LogP contribution in [-0.2, 0) is 19.1 Å². The van der Waals surface area contributed by atoms with Crippen molar-refractivity contribution in [3.63, 3.8) is 0 Å². The summed E-state index contributed by atoms with van der Waals surface area (Å²) in [5.41, 5.74) is 1.31. The van der Waals surface area contributed by atoms with Crippen molar-refractivity contribution in [2.24, 2.45) is 0 Å². The van der Waals surface area contributed by atoms with Crippen LogP contribution in [0.2, 0.25) is 5.02 Å². The standard InChI is InChI=1S/C21H23ClN2O4/c1-3-16(15-9-5-4-6-10-15)21(27)28-14-20(26)24(2)13-19(25)23-18-12-8-7-11-17(18)22/h4-12,16H,3,13-14H2,1-2H3,(H,23,25)/t16-/m0/s1. The highest BCUT2D eigenvalue weighted by Crippen LogP contribution is 2.21. The summed E-state index contributed by atoms with van der Waals surface area (Å²) >= 11 is 5.99. The van der Waals surface area contributed by atoms with Crippen LogP contribution in [0.1, 0.15) is 24.8 Å². The van der Waals surface area contributed by atoms with E-state index < -0.39 is 30.3 Å². The van der Waals surface area contributed by atoms with Gasteiger partial charge in [-0.05, 0) is 24.1 Å². The zero-order chi connectivity index (χ0) is 20.5. The van der Waals surface area contributed by atoms with E-state index in [4.69, 9.17) is 16.3 Å². The fourth-order valence-corrected chi connectivity index (χ4v) is 2.81. The summed E-state index contributed by atoms with van der Waals surface area (Å²) in [5.74, 6) is -1.75. The van der Waals surface area contributed by atoms with E-state index in [1.165, 1.54) is 11.9 Å². The van der Waals surface area contributed by atoms with Crippen molar-refractivity contribution in [1.82, 2.24) is 4.90 Å². The quantitative estimate of drug-likeness (QED) is 0.686. The van der Waals surface area contributed by atoms with E-state index in [-0.39, 0.29) is 6.54 Å². The number of nitrogens with zero attached hydrogens (tertiary/aromatic N) is 1. The third-order valence-corrected chi connectivity index (χ3v) is 4.52. The topological polar surface area (TPSA) is 75.7 Å². The number of esters is 1. The van der Waals surface area contributed by atoms with Gasteiger partial charge in [-0.3, -0.25) is 14.4 Å². The zero-order valence-corrected chi connectivity index (χ0v) is 16.6. The Morgan fingerprint density at radius 3 is 2.36 bits per heavy atom. The Hall–Kier alpha value is -2.86. The van der Waals surface area contributed by atoms with E-state index >= 15 is 0 Å². The highest BCUT2D eigenvalue weighted by Gasteiger charge is 2.22. The molecule has 2 rings (SSSR count). The molecule has 0 saturated carbocycles. The summed E-state index contributed by atoms with van der Waals surface area (Å²) in [5, 5.41) is 3.04. The lowest BCUT2D eigenvalue weighted by molar-refractivity contribution is -0.153. The SMILES string of the molecule is CC[C@H](C(=O)OCC(=O)N(C)CC(=O)Nc1ccccc1Cl)c1ccccc1. The Balaban J connectivity index is 1.84. The molecular weight excluding hydrogens is 380 g/mol. The molecule has 6 nitrogen and oxygen atoms in total. The van der Waals surface area contributed by atoms with Crippen LogP contribution >= 0.6 is 11.6 Å². The largest absolute Gasteiger partial charge is 0.455 e. The average molecular weight is 403 g/mol. The van der Waals surface area contributed by atoms with Gasteiger partial charge in [0, 0.05) is 7.05 Å². The lowest BCUT2D eigenvalue weighted by Gasteiger charge is -2.18. The van der Waals surface area contributed by atoms with E-state index in [9.17, 15) is 14.4 Å². The van der Waals surface area contributed by atoms with Gasteiger partial charge in [0.05, 0.1) is 23.2 Å². The van der Waals surface area contributed by atoms with Gasteiger partial charge in [-0.15, -0.1) is 0 Å². The summed E-state index contributed by atoms with van der Waals surface area (Å²) in [7, 11) is 1.47. The minimum atomic E-state index is -0.467. The summed E-state index contributed by atoms with van der Waals surface area (Å²) < 4.78 is 5.17. The fraction of sp³-hybridized carbons (Fsp3) is 0.286. The molecule has 0 aliphatic carbocycles. The smallest absolute Gasteiger partial charge is 0.313 e. The lowest BCUT2D eigenvalue weighted by atomic mass is 9.97. The minimum Gasteiger partial charge on any atom is -0.455 e. The van der Waals surface area contributed by atoms with Crippen molar-refractivity contribution in [2.75, 3.05) is 25.5 Å². The van der Waals surface area contributed by atoms with Crippen LogP contribution in [0.3, 0.4) is 0 Å².